The van der Waals surface area contributed by atoms with Crippen molar-refractivity contribution in [2.24, 2.45) is 0 Å². The van der Waals surface area contributed by atoms with Gasteiger partial charge in [-0.2, -0.15) is 4.98 Å². The van der Waals surface area contributed by atoms with E-state index >= 15 is 0 Å². The van der Waals surface area contributed by atoms with Gasteiger partial charge in [0.1, 0.15) is 11.4 Å². The van der Waals surface area contributed by atoms with Crippen LogP contribution in [-0.2, 0) is 11.2 Å². The number of hydrogen-bond donors (Lipinski definition) is 1. The minimum absolute atomic E-state index is 0.139. The van der Waals surface area contributed by atoms with E-state index < -0.39 is 0 Å². The van der Waals surface area contributed by atoms with Crippen LogP contribution in [0.2, 0.25) is 0 Å². The summed E-state index contributed by atoms with van der Waals surface area (Å²) in [5.41, 5.74) is 0.948. The lowest BCUT2D eigenvalue weighted by atomic mass is 10.3. The number of aryl methyl sites for hydroxylation is 1. The molecule has 9 heteroatoms. The summed E-state index contributed by atoms with van der Waals surface area (Å²) in [5, 5.41) is 8.48. The Balaban J connectivity index is 1.54. The molecule has 0 radical (unpaired) electrons. The molecule has 0 aromatic carbocycles. The Hall–Kier alpha value is -2.94. The second-order valence-corrected chi connectivity index (χ2v) is 5.73. The number of nitrogens with one attached hydrogen (secondary N) is 1. The maximum absolute atomic E-state index is 11.9. The van der Waals surface area contributed by atoms with Gasteiger partial charge < -0.3 is 9.84 Å². The molecule has 122 valence electrons. The standard InChI is InChI=1S/C15H13N5O3S/c1-9(21)11-8-24-15(17-11)18-12(22)5-6-13-19-14(20-23-13)10-4-2-3-7-16-10/h2-4,7-8H,5-6H2,1H3,(H,17,18,22). The first kappa shape index (κ1) is 15.9. The van der Waals surface area contributed by atoms with Crippen molar-refractivity contribution >= 4 is 28.2 Å². The van der Waals surface area contributed by atoms with Crippen LogP contribution in [0.25, 0.3) is 11.5 Å². The summed E-state index contributed by atoms with van der Waals surface area (Å²) in [6, 6.07) is 5.40. The summed E-state index contributed by atoms with van der Waals surface area (Å²) in [7, 11) is 0. The van der Waals surface area contributed by atoms with Crippen molar-refractivity contribution in [2.45, 2.75) is 19.8 Å². The number of carbonyl (C=O) groups excluding carboxylic acids is 2. The van der Waals surface area contributed by atoms with Crippen molar-refractivity contribution in [3.8, 4) is 11.5 Å². The van der Waals surface area contributed by atoms with Crippen molar-refractivity contribution in [1.29, 1.82) is 0 Å². The van der Waals surface area contributed by atoms with E-state index in [4.69, 9.17) is 4.52 Å². The van der Waals surface area contributed by atoms with E-state index in [1.54, 1.807) is 23.7 Å². The number of thiazole rings is 1. The minimum atomic E-state index is -0.239. The highest BCUT2D eigenvalue weighted by molar-refractivity contribution is 7.14. The number of amides is 1. The van der Waals surface area contributed by atoms with Crippen LogP contribution in [0.15, 0.2) is 34.3 Å². The molecular formula is C15H13N5O3S. The van der Waals surface area contributed by atoms with Crippen LogP contribution in [0.1, 0.15) is 29.7 Å². The Kier molecular flexibility index (Phi) is 4.71. The SMILES string of the molecule is CC(=O)c1csc(NC(=O)CCc2nc(-c3ccccn3)no2)n1. The summed E-state index contributed by atoms with van der Waals surface area (Å²) < 4.78 is 5.12. The fraction of sp³-hybridized carbons (Fsp3) is 0.200. The van der Waals surface area contributed by atoms with Gasteiger partial charge in [0.15, 0.2) is 10.9 Å². The summed E-state index contributed by atoms with van der Waals surface area (Å²) in [6.07, 6.45) is 2.11. The van der Waals surface area contributed by atoms with Gasteiger partial charge in [0.25, 0.3) is 0 Å². The minimum Gasteiger partial charge on any atom is -0.339 e. The molecule has 0 aliphatic heterocycles. The zero-order valence-electron chi connectivity index (χ0n) is 12.7. The van der Waals surface area contributed by atoms with Gasteiger partial charge in [-0.1, -0.05) is 11.2 Å². The third-order valence-electron chi connectivity index (χ3n) is 3.04. The molecule has 3 aromatic heterocycles. The maximum Gasteiger partial charge on any atom is 0.227 e. The molecular weight excluding hydrogens is 330 g/mol. The zero-order chi connectivity index (χ0) is 16.9. The van der Waals surface area contributed by atoms with Crippen LogP contribution < -0.4 is 5.32 Å². The normalized spacial score (nSPS) is 10.5. The van der Waals surface area contributed by atoms with E-state index in [0.717, 1.165) is 0 Å². The maximum atomic E-state index is 11.9. The molecule has 3 heterocycles. The van der Waals surface area contributed by atoms with Gasteiger partial charge in [-0.05, 0) is 12.1 Å². The largest absolute Gasteiger partial charge is 0.339 e. The quantitative estimate of drug-likeness (QED) is 0.684. The van der Waals surface area contributed by atoms with Gasteiger partial charge >= 0.3 is 0 Å². The van der Waals surface area contributed by atoms with Crippen molar-refractivity contribution in [2.75, 3.05) is 5.32 Å². The van der Waals surface area contributed by atoms with E-state index in [2.05, 4.69) is 25.4 Å². The average Bonchev–Trinajstić information content (AvgIpc) is 3.23. The number of carbonyl (C=O) groups is 2. The molecule has 0 atom stereocenters. The number of hydrogen-bond acceptors (Lipinski definition) is 8. The highest BCUT2D eigenvalue weighted by Gasteiger charge is 2.13. The molecule has 0 aliphatic rings. The fourth-order valence-corrected chi connectivity index (χ4v) is 2.62. The number of anilines is 1. The molecule has 24 heavy (non-hydrogen) atoms. The number of nitrogens with zero attached hydrogens (tertiary/aromatic N) is 4. The van der Waals surface area contributed by atoms with Crippen LogP contribution in [0.3, 0.4) is 0 Å². The lowest BCUT2D eigenvalue weighted by molar-refractivity contribution is -0.116. The Labute approximate surface area is 141 Å². The zero-order valence-corrected chi connectivity index (χ0v) is 13.5. The number of rotatable bonds is 6. The molecule has 3 rings (SSSR count). The molecule has 0 saturated heterocycles. The van der Waals surface area contributed by atoms with E-state index in [1.807, 2.05) is 6.07 Å². The molecule has 0 bridgehead atoms. The smallest absolute Gasteiger partial charge is 0.227 e. The van der Waals surface area contributed by atoms with E-state index in [0.29, 0.717) is 34.7 Å². The Bertz CT molecular complexity index is 859. The lowest BCUT2D eigenvalue weighted by Crippen LogP contribution is -2.12. The molecule has 3 aromatic rings. The number of Topliss-reactive ketones (excluding diaryl/α,β-unsaturated/α-hetero) is 1. The Morgan fingerprint density at radius 2 is 2.17 bits per heavy atom. The van der Waals surface area contributed by atoms with Crippen molar-refractivity contribution in [3.63, 3.8) is 0 Å². The second-order valence-electron chi connectivity index (χ2n) is 4.87. The molecule has 0 aliphatic carbocycles. The van der Waals surface area contributed by atoms with Gasteiger partial charge in [0.2, 0.25) is 17.6 Å². The molecule has 0 spiro atoms. The molecule has 1 N–H and O–H groups in total. The van der Waals surface area contributed by atoms with Crippen LogP contribution >= 0.6 is 11.3 Å². The summed E-state index contributed by atoms with van der Waals surface area (Å²) in [6.45, 7) is 1.43. The van der Waals surface area contributed by atoms with Crippen molar-refractivity contribution < 1.29 is 14.1 Å². The van der Waals surface area contributed by atoms with Crippen molar-refractivity contribution in [1.82, 2.24) is 20.1 Å². The average molecular weight is 343 g/mol. The van der Waals surface area contributed by atoms with Gasteiger partial charge in [-0.25, -0.2) is 4.98 Å². The monoisotopic (exact) mass is 343 g/mol. The van der Waals surface area contributed by atoms with E-state index in [1.165, 1.54) is 18.3 Å². The summed E-state index contributed by atoms with van der Waals surface area (Å²) >= 11 is 1.21. The van der Waals surface area contributed by atoms with Crippen LogP contribution in [0.5, 0.6) is 0 Å². The first-order chi connectivity index (χ1) is 11.6. The highest BCUT2D eigenvalue weighted by Crippen LogP contribution is 2.17. The fourth-order valence-electron chi connectivity index (χ4n) is 1.85. The molecule has 8 nitrogen and oxygen atoms in total. The van der Waals surface area contributed by atoms with Crippen LogP contribution in [-0.4, -0.2) is 31.8 Å². The molecule has 0 fully saturated rings. The van der Waals surface area contributed by atoms with Crippen LogP contribution in [0.4, 0.5) is 5.13 Å². The summed E-state index contributed by atoms with van der Waals surface area (Å²) in [4.78, 5) is 35.4. The van der Waals surface area contributed by atoms with Gasteiger partial charge in [0.05, 0.1) is 0 Å². The van der Waals surface area contributed by atoms with E-state index in [-0.39, 0.29) is 18.1 Å². The Morgan fingerprint density at radius 3 is 2.88 bits per heavy atom. The molecule has 0 saturated carbocycles. The number of aromatic nitrogens is 4. The molecule has 1 amide bonds. The predicted octanol–water partition coefficient (Wildman–Crippen LogP) is 2.36. The second kappa shape index (κ2) is 7.09. The topological polar surface area (TPSA) is 111 Å². The van der Waals surface area contributed by atoms with Crippen molar-refractivity contribution in [3.05, 3.63) is 41.4 Å². The first-order valence-electron chi connectivity index (χ1n) is 7.12. The third-order valence-corrected chi connectivity index (χ3v) is 3.80. The lowest BCUT2D eigenvalue weighted by Gasteiger charge is -1.98. The number of pyridine rings is 1. The first-order valence-corrected chi connectivity index (χ1v) is 8.00. The van der Waals surface area contributed by atoms with Gasteiger partial charge in [-0.15, -0.1) is 11.3 Å². The van der Waals surface area contributed by atoms with Crippen LogP contribution in [0, 0.1) is 0 Å². The third kappa shape index (κ3) is 3.87. The van der Waals surface area contributed by atoms with Gasteiger partial charge in [0, 0.05) is 31.3 Å². The highest BCUT2D eigenvalue weighted by atomic mass is 32.1. The summed E-state index contributed by atoms with van der Waals surface area (Å²) in [5.74, 6) is 0.364. The van der Waals surface area contributed by atoms with Gasteiger partial charge in [-0.3, -0.25) is 14.6 Å². The number of ketones is 1. The predicted molar refractivity (Wildman–Crippen MR) is 86.6 cm³/mol. The van der Waals surface area contributed by atoms with E-state index in [9.17, 15) is 9.59 Å². The Morgan fingerprint density at radius 1 is 1.29 bits per heavy atom. The molecule has 0 unspecified atom stereocenters.